The second-order valence-electron chi connectivity index (χ2n) is 6.10. The number of aryl methyl sites for hydroxylation is 1. The number of carbonyl (C=O) groups is 1. The molecule has 22 heavy (non-hydrogen) atoms. The molecule has 1 aliphatic heterocycles. The molecule has 1 fully saturated rings. The van der Waals surface area contributed by atoms with Crippen LogP contribution < -0.4 is 5.32 Å². The van der Waals surface area contributed by atoms with Gasteiger partial charge in [-0.2, -0.15) is 4.98 Å². The summed E-state index contributed by atoms with van der Waals surface area (Å²) in [4.78, 5) is 16.0. The van der Waals surface area contributed by atoms with Gasteiger partial charge in [0.15, 0.2) is 5.82 Å². The molecule has 1 N–H and O–H groups in total. The van der Waals surface area contributed by atoms with Crippen molar-refractivity contribution in [2.24, 2.45) is 0 Å². The van der Waals surface area contributed by atoms with Crippen molar-refractivity contribution >= 4 is 5.91 Å². The molecule has 2 heterocycles. The zero-order chi connectivity index (χ0) is 15.7. The number of hydrogen-bond donors (Lipinski definition) is 1. The molecule has 0 saturated carbocycles. The number of benzene rings is 1. The minimum absolute atomic E-state index is 0.00267. The molecule has 6 heteroatoms. The first-order chi connectivity index (χ1) is 10.5. The number of halogens is 1. The van der Waals surface area contributed by atoms with E-state index in [1.54, 1.807) is 6.07 Å². The van der Waals surface area contributed by atoms with Gasteiger partial charge < -0.3 is 9.84 Å². The molecule has 116 valence electrons. The lowest BCUT2D eigenvalue weighted by Crippen LogP contribution is -2.41. The maximum atomic E-state index is 13.1. The van der Waals surface area contributed by atoms with Gasteiger partial charge in [-0.1, -0.05) is 18.1 Å². The Morgan fingerprint density at radius 2 is 2.27 bits per heavy atom. The average molecular weight is 303 g/mol. The van der Waals surface area contributed by atoms with Crippen LogP contribution in [0.25, 0.3) is 0 Å². The van der Waals surface area contributed by atoms with Gasteiger partial charge in [-0.3, -0.25) is 4.79 Å². The van der Waals surface area contributed by atoms with Crippen LogP contribution in [0.5, 0.6) is 0 Å². The van der Waals surface area contributed by atoms with Crippen LogP contribution in [0.1, 0.15) is 42.6 Å². The predicted molar refractivity (Wildman–Crippen MR) is 77.8 cm³/mol. The largest absolute Gasteiger partial charge is 0.356 e. The van der Waals surface area contributed by atoms with Crippen molar-refractivity contribution in [2.75, 3.05) is 6.54 Å². The number of rotatable bonds is 3. The highest BCUT2D eigenvalue weighted by Gasteiger charge is 2.38. The number of amides is 1. The van der Waals surface area contributed by atoms with Crippen molar-refractivity contribution in [3.8, 4) is 0 Å². The third-order valence-electron chi connectivity index (χ3n) is 4.19. The van der Waals surface area contributed by atoms with E-state index in [0.717, 1.165) is 17.5 Å². The van der Waals surface area contributed by atoms with Gasteiger partial charge in [0.1, 0.15) is 5.82 Å². The van der Waals surface area contributed by atoms with Crippen LogP contribution in [0.2, 0.25) is 0 Å². The zero-order valence-corrected chi connectivity index (χ0v) is 12.6. The van der Waals surface area contributed by atoms with Gasteiger partial charge in [0.2, 0.25) is 11.8 Å². The Bertz CT molecular complexity index is 713. The molecule has 2 aromatic rings. The van der Waals surface area contributed by atoms with Gasteiger partial charge in [0, 0.05) is 19.4 Å². The van der Waals surface area contributed by atoms with Crippen LogP contribution >= 0.6 is 0 Å². The summed E-state index contributed by atoms with van der Waals surface area (Å²) in [6, 6.07) is 4.65. The Kier molecular flexibility index (Phi) is 3.68. The molecular weight excluding hydrogens is 285 g/mol. The summed E-state index contributed by atoms with van der Waals surface area (Å²) in [5.74, 6) is 0.799. The fourth-order valence-electron chi connectivity index (χ4n) is 2.76. The SMILES string of the molecule is Cc1cc(F)ccc1Cc1noc([C@@]2(C)CCNC(=O)C2)n1. The maximum Gasteiger partial charge on any atom is 0.233 e. The van der Waals surface area contributed by atoms with E-state index in [0.29, 0.717) is 31.1 Å². The lowest BCUT2D eigenvalue weighted by molar-refractivity contribution is -0.124. The van der Waals surface area contributed by atoms with Crippen molar-refractivity contribution in [3.05, 3.63) is 46.9 Å². The quantitative estimate of drug-likeness (QED) is 0.944. The van der Waals surface area contributed by atoms with Crippen LogP contribution in [0.15, 0.2) is 22.7 Å². The van der Waals surface area contributed by atoms with Gasteiger partial charge in [0.05, 0.1) is 5.41 Å². The lowest BCUT2D eigenvalue weighted by Gasteiger charge is -2.29. The molecule has 0 spiro atoms. The van der Waals surface area contributed by atoms with E-state index in [2.05, 4.69) is 15.5 Å². The number of nitrogens with zero attached hydrogens (tertiary/aromatic N) is 2. The summed E-state index contributed by atoms with van der Waals surface area (Å²) in [5.41, 5.74) is 1.40. The summed E-state index contributed by atoms with van der Waals surface area (Å²) < 4.78 is 18.5. The highest BCUT2D eigenvalue weighted by Crippen LogP contribution is 2.32. The molecule has 1 aromatic heterocycles. The number of aromatic nitrogens is 2. The van der Waals surface area contributed by atoms with E-state index < -0.39 is 5.41 Å². The summed E-state index contributed by atoms with van der Waals surface area (Å²) in [7, 11) is 0. The lowest BCUT2D eigenvalue weighted by atomic mass is 9.80. The van der Waals surface area contributed by atoms with E-state index in [1.807, 2.05) is 13.8 Å². The van der Waals surface area contributed by atoms with E-state index in [-0.39, 0.29) is 11.7 Å². The third-order valence-corrected chi connectivity index (χ3v) is 4.19. The van der Waals surface area contributed by atoms with Crippen molar-refractivity contribution in [2.45, 2.75) is 38.5 Å². The van der Waals surface area contributed by atoms with Crippen LogP contribution in [-0.4, -0.2) is 22.6 Å². The van der Waals surface area contributed by atoms with Crippen LogP contribution in [0.4, 0.5) is 4.39 Å². The third kappa shape index (κ3) is 2.86. The number of carbonyl (C=O) groups excluding carboxylic acids is 1. The Hall–Kier alpha value is -2.24. The fourth-order valence-corrected chi connectivity index (χ4v) is 2.76. The molecule has 1 aromatic carbocycles. The number of piperidine rings is 1. The molecule has 0 radical (unpaired) electrons. The normalized spacial score (nSPS) is 21.7. The van der Waals surface area contributed by atoms with Gasteiger partial charge in [-0.05, 0) is 36.6 Å². The second kappa shape index (κ2) is 5.51. The van der Waals surface area contributed by atoms with Crippen LogP contribution in [0, 0.1) is 12.7 Å². The maximum absolute atomic E-state index is 13.1. The summed E-state index contributed by atoms with van der Waals surface area (Å²) in [6.07, 6.45) is 1.61. The summed E-state index contributed by atoms with van der Waals surface area (Å²) in [6.45, 7) is 4.43. The Balaban J connectivity index is 1.80. The Labute approximate surface area is 127 Å². The molecule has 1 saturated heterocycles. The average Bonchev–Trinajstić information content (AvgIpc) is 2.91. The molecule has 0 unspecified atom stereocenters. The molecule has 1 atom stereocenters. The molecule has 0 bridgehead atoms. The highest BCUT2D eigenvalue weighted by molar-refractivity contribution is 5.78. The molecule has 0 aliphatic carbocycles. The van der Waals surface area contributed by atoms with Crippen molar-refractivity contribution in [1.82, 2.24) is 15.5 Å². The second-order valence-corrected chi connectivity index (χ2v) is 6.10. The standard InChI is InChI=1S/C16H18FN3O2/c1-10-7-12(17)4-3-11(10)8-13-19-15(22-20-13)16(2)5-6-18-14(21)9-16/h3-4,7H,5-6,8-9H2,1-2H3,(H,18,21)/t16-/m0/s1. The predicted octanol–water partition coefficient (Wildman–Crippen LogP) is 2.28. The van der Waals surface area contributed by atoms with E-state index in [4.69, 9.17) is 4.52 Å². The molecule has 3 rings (SSSR count). The van der Waals surface area contributed by atoms with Crippen molar-refractivity contribution < 1.29 is 13.7 Å². The fraction of sp³-hybridized carbons (Fsp3) is 0.438. The van der Waals surface area contributed by atoms with Crippen LogP contribution in [-0.2, 0) is 16.6 Å². The Morgan fingerprint density at radius 3 is 3.00 bits per heavy atom. The van der Waals surface area contributed by atoms with E-state index in [9.17, 15) is 9.18 Å². The van der Waals surface area contributed by atoms with Crippen LogP contribution in [0.3, 0.4) is 0 Å². The first-order valence-electron chi connectivity index (χ1n) is 7.31. The minimum atomic E-state index is -0.411. The van der Waals surface area contributed by atoms with E-state index >= 15 is 0 Å². The van der Waals surface area contributed by atoms with Gasteiger partial charge in [0.25, 0.3) is 0 Å². The zero-order valence-electron chi connectivity index (χ0n) is 12.6. The summed E-state index contributed by atoms with van der Waals surface area (Å²) >= 11 is 0. The minimum Gasteiger partial charge on any atom is -0.356 e. The highest BCUT2D eigenvalue weighted by atomic mass is 19.1. The molecule has 1 amide bonds. The molecule has 5 nitrogen and oxygen atoms in total. The first kappa shape index (κ1) is 14.7. The summed E-state index contributed by atoms with van der Waals surface area (Å²) in [5, 5.41) is 6.81. The molecule has 1 aliphatic rings. The van der Waals surface area contributed by atoms with E-state index in [1.165, 1.54) is 12.1 Å². The number of nitrogens with one attached hydrogen (secondary N) is 1. The monoisotopic (exact) mass is 303 g/mol. The van der Waals surface area contributed by atoms with Gasteiger partial charge in [-0.15, -0.1) is 0 Å². The smallest absolute Gasteiger partial charge is 0.233 e. The topological polar surface area (TPSA) is 68.0 Å². The molecular formula is C16H18FN3O2. The van der Waals surface area contributed by atoms with Crippen molar-refractivity contribution in [3.63, 3.8) is 0 Å². The number of hydrogen-bond acceptors (Lipinski definition) is 4. The van der Waals surface area contributed by atoms with Gasteiger partial charge >= 0.3 is 0 Å². The Morgan fingerprint density at radius 1 is 1.45 bits per heavy atom. The van der Waals surface area contributed by atoms with Crippen molar-refractivity contribution in [1.29, 1.82) is 0 Å². The van der Waals surface area contributed by atoms with Gasteiger partial charge in [-0.25, -0.2) is 4.39 Å². The first-order valence-corrected chi connectivity index (χ1v) is 7.31.